The summed E-state index contributed by atoms with van der Waals surface area (Å²) in [4.78, 5) is 0. The Balaban J connectivity index is 2.66. The van der Waals surface area contributed by atoms with Gasteiger partial charge in [0.25, 0.3) is 0 Å². The molecule has 1 atom stereocenters. The van der Waals surface area contributed by atoms with E-state index in [4.69, 9.17) is 34.8 Å². The van der Waals surface area contributed by atoms with E-state index in [1.165, 1.54) is 0 Å². The lowest BCUT2D eigenvalue weighted by Crippen LogP contribution is -1.99. The van der Waals surface area contributed by atoms with Crippen molar-refractivity contribution in [1.29, 1.82) is 0 Å². The van der Waals surface area contributed by atoms with Crippen molar-refractivity contribution in [2.24, 2.45) is 0 Å². The van der Waals surface area contributed by atoms with E-state index in [9.17, 15) is 0 Å². The Morgan fingerprint density at radius 3 is 2.29 bits per heavy atom. The summed E-state index contributed by atoms with van der Waals surface area (Å²) in [5.41, 5.74) is 1.01. The monoisotopic (exact) mass is 250 g/mol. The average molecular weight is 252 g/mol. The van der Waals surface area contributed by atoms with Crippen molar-refractivity contribution in [3.05, 3.63) is 33.8 Å². The summed E-state index contributed by atoms with van der Waals surface area (Å²) in [7, 11) is 0. The molecule has 1 aromatic carbocycles. The number of alkyl halides is 1. The first kappa shape index (κ1) is 12.2. The quantitative estimate of drug-likeness (QED) is 0.665. The third-order valence-electron chi connectivity index (χ3n) is 2.21. The minimum Gasteiger partial charge on any atom is -0.123 e. The second-order valence-electron chi connectivity index (χ2n) is 3.24. The first-order chi connectivity index (χ1) is 6.65. The van der Waals surface area contributed by atoms with E-state index < -0.39 is 0 Å². The molecule has 0 bridgehead atoms. The largest absolute Gasteiger partial charge is 0.123 e. The first-order valence-electron chi connectivity index (χ1n) is 4.72. The van der Waals surface area contributed by atoms with Crippen LogP contribution in [0.2, 0.25) is 10.0 Å². The van der Waals surface area contributed by atoms with E-state index in [0.29, 0.717) is 0 Å². The van der Waals surface area contributed by atoms with Crippen molar-refractivity contribution in [3.63, 3.8) is 0 Å². The molecule has 0 aliphatic heterocycles. The smallest absolute Gasteiger partial charge is 0.0452 e. The summed E-state index contributed by atoms with van der Waals surface area (Å²) >= 11 is 18.1. The van der Waals surface area contributed by atoms with E-state index in [0.717, 1.165) is 34.9 Å². The summed E-state index contributed by atoms with van der Waals surface area (Å²) in [6, 6.07) is 5.57. The molecule has 0 heterocycles. The number of halogens is 3. The van der Waals surface area contributed by atoms with Crippen molar-refractivity contribution >= 4 is 34.8 Å². The van der Waals surface area contributed by atoms with Crippen LogP contribution in [0, 0.1) is 0 Å². The molecule has 0 aliphatic rings. The summed E-state index contributed by atoms with van der Waals surface area (Å²) < 4.78 is 0. The van der Waals surface area contributed by atoms with Gasteiger partial charge in [0.15, 0.2) is 0 Å². The standard InChI is InChI=1S/C11H13Cl3/c1-2-8(12)6-7-9-10(13)4-3-5-11(9)14/h3-5,8H,2,6-7H2,1H3. The van der Waals surface area contributed by atoms with E-state index in [2.05, 4.69) is 6.92 Å². The third-order valence-corrected chi connectivity index (χ3v) is 3.45. The highest BCUT2D eigenvalue weighted by Gasteiger charge is 2.07. The Hall–Kier alpha value is 0.0900. The number of hydrogen-bond donors (Lipinski definition) is 0. The maximum absolute atomic E-state index is 6.03. The van der Waals surface area contributed by atoms with Crippen molar-refractivity contribution < 1.29 is 0 Å². The SMILES string of the molecule is CCC(Cl)CCc1c(Cl)cccc1Cl. The zero-order valence-corrected chi connectivity index (χ0v) is 10.3. The summed E-state index contributed by atoms with van der Waals surface area (Å²) in [5, 5.41) is 1.68. The molecular formula is C11H13Cl3. The van der Waals surface area contributed by atoms with E-state index in [-0.39, 0.29) is 5.38 Å². The number of hydrogen-bond acceptors (Lipinski definition) is 0. The fourth-order valence-corrected chi connectivity index (χ4v) is 1.97. The molecular weight excluding hydrogens is 238 g/mol. The fraction of sp³-hybridized carbons (Fsp3) is 0.455. The summed E-state index contributed by atoms with van der Waals surface area (Å²) in [6.45, 7) is 2.08. The molecule has 0 fully saturated rings. The van der Waals surface area contributed by atoms with Crippen LogP contribution in [0.4, 0.5) is 0 Å². The van der Waals surface area contributed by atoms with Crippen molar-refractivity contribution in [2.45, 2.75) is 31.6 Å². The Morgan fingerprint density at radius 2 is 1.79 bits per heavy atom. The second-order valence-corrected chi connectivity index (χ2v) is 4.68. The summed E-state index contributed by atoms with van der Waals surface area (Å²) in [5.74, 6) is 0. The maximum atomic E-state index is 6.03. The summed E-state index contributed by atoms with van der Waals surface area (Å²) in [6.07, 6.45) is 2.74. The van der Waals surface area contributed by atoms with Gasteiger partial charge in [-0.2, -0.15) is 0 Å². The molecule has 14 heavy (non-hydrogen) atoms. The van der Waals surface area contributed by atoms with Crippen molar-refractivity contribution in [1.82, 2.24) is 0 Å². The van der Waals surface area contributed by atoms with Gasteiger partial charge in [0.1, 0.15) is 0 Å². The minimum atomic E-state index is 0.210. The molecule has 0 radical (unpaired) electrons. The normalized spacial score (nSPS) is 12.9. The highest BCUT2D eigenvalue weighted by Crippen LogP contribution is 2.26. The Bertz CT molecular complexity index is 276. The van der Waals surface area contributed by atoms with E-state index >= 15 is 0 Å². The van der Waals surface area contributed by atoms with E-state index in [1.54, 1.807) is 0 Å². The minimum absolute atomic E-state index is 0.210. The topological polar surface area (TPSA) is 0 Å². The van der Waals surface area contributed by atoms with Crippen LogP contribution in [-0.2, 0) is 6.42 Å². The zero-order chi connectivity index (χ0) is 10.6. The molecule has 1 aromatic rings. The van der Waals surface area contributed by atoms with Crippen LogP contribution in [0.1, 0.15) is 25.3 Å². The predicted octanol–water partition coefficient (Wildman–Crippen LogP) is 4.94. The molecule has 0 N–H and O–H groups in total. The first-order valence-corrected chi connectivity index (χ1v) is 5.91. The number of benzene rings is 1. The number of rotatable bonds is 4. The van der Waals surface area contributed by atoms with Gasteiger partial charge in [-0.15, -0.1) is 11.6 Å². The highest BCUT2D eigenvalue weighted by atomic mass is 35.5. The van der Waals surface area contributed by atoms with Gasteiger partial charge in [0, 0.05) is 15.4 Å². The van der Waals surface area contributed by atoms with Crippen LogP contribution < -0.4 is 0 Å². The third kappa shape index (κ3) is 3.34. The van der Waals surface area contributed by atoms with Crippen LogP contribution in [0.3, 0.4) is 0 Å². The predicted molar refractivity (Wildman–Crippen MR) is 64.7 cm³/mol. The molecule has 3 heteroatoms. The second kappa shape index (κ2) is 5.85. The van der Waals surface area contributed by atoms with Gasteiger partial charge in [-0.3, -0.25) is 0 Å². The molecule has 0 amide bonds. The highest BCUT2D eigenvalue weighted by molar-refractivity contribution is 6.36. The Labute approximate surface area is 100 Å². The molecule has 1 rings (SSSR count). The fourth-order valence-electron chi connectivity index (χ4n) is 1.28. The zero-order valence-electron chi connectivity index (χ0n) is 8.06. The van der Waals surface area contributed by atoms with E-state index in [1.807, 2.05) is 18.2 Å². The molecule has 0 saturated carbocycles. The van der Waals surface area contributed by atoms with Gasteiger partial charge in [-0.25, -0.2) is 0 Å². The molecule has 0 nitrogen and oxygen atoms in total. The van der Waals surface area contributed by atoms with Gasteiger partial charge in [0.2, 0.25) is 0 Å². The van der Waals surface area contributed by atoms with Crippen LogP contribution in [0.25, 0.3) is 0 Å². The van der Waals surface area contributed by atoms with Gasteiger partial charge < -0.3 is 0 Å². The van der Waals surface area contributed by atoms with Gasteiger partial charge in [-0.1, -0.05) is 36.2 Å². The van der Waals surface area contributed by atoms with Crippen molar-refractivity contribution in [3.8, 4) is 0 Å². The lowest BCUT2D eigenvalue weighted by atomic mass is 10.1. The molecule has 0 spiro atoms. The molecule has 78 valence electrons. The lowest BCUT2D eigenvalue weighted by molar-refractivity contribution is 0.727. The molecule has 1 unspecified atom stereocenters. The molecule has 0 aliphatic carbocycles. The van der Waals surface area contributed by atoms with Crippen LogP contribution in [0.5, 0.6) is 0 Å². The van der Waals surface area contributed by atoms with Crippen LogP contribution >= 0.6 is 34.8 Å². The van der Waals surface area contributed by atoms with Gasteiger partial charge in [-0.05, 0) is 37.0 Å². The lowest BCUT2D eigenvalue weighted by Gasteiger charge is -2.09. The van der Waals surface area contributed by atoms with Gasteiger partial charge in [0.05, 0.1) is 0 Å². The molecule has 0 aromatic heterocycles. The van der Waals surface area contributed by atoms with Crippen molar-refractivity contribution in [2.75, 3.05) is 0 Å². The van der Waals surface area contributed by atoms with Gasteiger partial charge >= 0.3 is 0 Å². The Kier molecular flexibility index (Phi) is 5.08. The molecule has 0 saturated heterocycles. The maximum Gasteiger partial charge on any atom is 0.0452 e. The average Bonchev–Trinajstić information content (AvgIpc) is 2.16. The van der Waals surface area contributed by atoms with Crippen LogP contribution in [0.15, 0.2) is 18.2 Å². The van der Waals surface area contributed by atoms with Crippen LogP contribution in [-0.4, -0.2) is 5.38 Å². The Morgan fingerprint density at radius 1 is 1.21 bits per heavy atom.